The minimum Gasteiger partial charge on any atom is -0.383 e. The average Bonchev–Trinajstić information content (AvgIpc) is 3.00. The average molecular weight is 454 g/mol. The van der Waals surface area contributed by atoms with Crippen molar-refractivity contribution in [3.63, 3.8) is 0 Å². The number of carbonyl (C=O) groups is 1. The molecule has 0 saturated heterocycles. The number of halogens is 2. The van der Waals surface area contributed by atoms with E-state index >= 15 is 0 Å². The van der Waals surface area contributed by atoms with Gasteiger partial charge in [-0.25, -0.2) is 0 Å². The van der Waals surface area contributed by atoms with Crippen LogP contribution in [0.15, 0.2) is 59.5 Å². The zero-order valence-corrected chi connectivity index (χ0v) is 19.1. The topological polar surface area (TPSA) is 47.2 Å². The van der Waals surface area contributed by atoms with Gasteiger partial charge in [-0.3, -0.25) is 14.2 Å². The van der Waals surface area contributed by atoms with Crippen molar-refractivity contribution >= 4 is 50.9 Å². The zero-order chi connectivity index (χ0) is 22.4. The van der Waals surface area contributed by atoms with Gasteiger partial charge >= 0.3 is 0 Å². The third-order valence-electron chi connectivity index (χ3n) is 5.38. The smallest absolute Gasteiger partial charge is 0.259 e. The van der Waals surface area contributed by atoms with Crippen molar-refractivity contribution in [2.45, 2.75) is 0 Å². The summed E-state index contributed by atoms with van der Waals surface area (Å²) in [5.41, 5.74) is 3.21. The highest BCUT2D eigenvalue weighted by Crippen LogP contribution is 2.33. The summed E-state index contributed by atoms with van der Waals surface area (Å²) in [5, 5.41) is 2.68. The standard InChI is InChI=1S/C24H21Cl2N3O2/c1-27(2)10-9-22(30)14-5-8-21-17(11-14)18-13-19(16-7-6-15(25)12-20(16)26)24(31)29(4)23(18)28(21)3/h5-13H,1-4H3/b10-9+. The van der Waals surface area contributed by atoms with Gasteiger partial charge in [0.2, 0.25) is 0 Å². The summed E-state index contributed by atoms with van der Waals surface area (Å²) in [5.74, 6) is -0.0848. The minimum atomic E-state index is -0.159. The summed E-state index contributed by atoms with van der Waals surface area (Å²) in [7, 11) is 7.37. The van der Waals surface area contributed by atoms with Gasteiger partial charge in [0.05, 0.1) is 10.5 Å². The summed E-state index contributed by atoms with van der Waals surface area (Å²) < 4.78 is 3.58. The third kappa shape index (κ3) is 3.64. The number of hydrogen-bond acceptors (Lipinski definition) is 3. The lowest BCUT2D eigenvalue weighted by atomic mass is 10.0. The van der Waals surface area contributed by atoms with Gasteiger partial charge in [-0.1, -0.05) is 29.3 Å². The van der Waals surface area contributed by atoms with E-state index in [1.807, 2.05) is 48.8 Å². The van der Waals surface area contributed by atoms with Crippen molar-refractivity contribution < 1.29 is 4.79 Å². The highest BCUT2D eigenvalue weighted by atomic mass is 35.5. The Labute approximate surface area is 189 Å². The van der Waals surface area contributed by atoms with Gasteiger partial charge in [-0.2, -0.15) is 0 Å². The molecule has 0 unspecified atom stereocenters. The molecule has 0 N–H and O–H groups in total. The number of rotatable bonds is 4. The van der Waals surface area contributed by atoms with Gasteiger partial charge < -0.3 is 9.47 Å². The summed E-state index contributed by atoms with van der Waals surface area (Å²) in [6.45, 7) is 0. The van der Waals surface area contributed by atoms with Crippen molar-refractivity contribution in [2.75, 3.05) is 14.1 Å². The van der Waals surface area contributed by atoms with Crippen LogP contribution in [0.1, 0.15) is 10.4 Å². The van der Waals surface area contributed by atoms with Crippen LogP contribution in [-0.4, -0.2) is 33.9 Å². The molecule has 0 atom stereocenters. The van der Waals surface area contributed by atoms with Crippen LogP contribution >= 0.6 is 23.2 Å². The van der Waals surface area contributed by atoms with Crippen LogP contribution in [0.2, 0.25) is 10.0 Å². The van der Waals surface area contributed by atoms with Crippen LogP contribution in [0.5, 0.6) is 0 Å². The lowest BCUT2D eigenvalue weighted by Crippen LogP contribution is -2.20. The first-order valence-corrected chi connectivity index (χ1v) is 10.4. The van der Waals surface area contributed by atoms with Crippen LogP contribution in [0.4, 0.5) is 0 Å². The number of hydrogen-bond donors (Lipinski definition) is 0. The Morgan fingerprint density at radius 2 is 1.68 bits per heavy atom. The first-order valence-electron chi connectivity index (χ1n) is 9.65. The number of fused-ring (bicyclic) bond motifs is 3. The number of carbonyl (C=O) groups excluding carboxylic acids is 1. The normalized spacial score (nSPS) is 11.7. The molecule has 4 rings (SSSR count). The Hall–Kier alpha value is -3.02. The van der Waals surface area contributed by atoms with E-state index in [2.05, 4.69) is 0 Å². The van der Waals surface area contributed by atoms with Gasteiger partial charge in [0, 0.05) is 73.0 Å². The number of ketones is 1. The predicted octanol–water partition coefficient (Wildman–Crippen LogP) is 5.26. The molecule has 0 fully saturated rings. The summed E-state index contributed by atoms with van der Waals surface area (Å²) >= 11 is 12.4. The van der Waals surface area contributed by atoms with E-state index in [1.54, 1.807) is 48.2 Å². The Morgan fingerprint density at radius 3 is 2.35 bits per heavy atom. The second-order valence-electron chi connectivity index (χ2n) is 7.72. The van der Waals surface area contributed by atoms with E-state index in [9.17, 15) is 9.59 Å². The summed E-state index contributed by atoms with van der Waals surface area (Å²) in [6, 6.07) is 12.5. The maximum absolute atomic E-state index is 13.2. The van der Waals surface area contributed by atoms with Gasteiger partial charge in [0.1, 0.15) is 5.65 Å². The number of allylic oxidation sites excluding steroid dienone is 1. The number of benzene rings is 2. The molecule has 2 aromatic heterocycles. The lowest BCUT2D eigenvalue weighted by molar-refractivity contribution is 0.104. The Kier molecular flexibility index (Phi) is 5.42. The fraction of sp³-hybridized carbons (Fsp3) is 0.167. The van der Waals surface area contributed by atoms with E-state index in [1.165, 1.54) is 0 Å². The molecule has 4 aromatic rings. The summed E-state index contributed by atoms with van der Waals surface area (Å²) in [6.07, 6.45) is 3.26. The van der Waals surface area contributed by atoms with Crippen LogP contribution in [0.3, 0.4) is 0 Å². The SMILES string of the molecule is CN(C)/C=C/C(=O)c1ccc2c(c1)c1cc(-c3ccc(Cl)cc3Cl)c(=O)n(C)c1n2C. The molecule has 0 saturated carbocycles. The largest absolute Gasteiger partial charge is 0.383 e. The predicted molar refractivity (Wildman–Crippen MR) is 128 cm³/mol. The Balaban J connectivity index is 2.01. The second kappa shape index (κ2) is 7.91. The molecular formula is C24H21Cl2N3O2. The first-order chi connectivity index (χ1) is 14.7. The Morgan fingerprint density at radius 1 is 0.935 bits per heavy atom. The van der Waals surface area contributed by atoms with E-state index in [-0.39, 0.29) is 11.3 Å². The van der Waals surface area contributed by atoms with Gasteiger partial charge in [0.25, 0.3) is 5.56 Å². The molecule has 0 spiro atoms. The first kappa shape index (κ1) is 21.2. The second-order valence-corrected chi connectivity index (χ2v) is 8.56. The van der Waals surface area contributed by atoms with E-state index < -0.39 is 0 Å². The number of aryl methyl sites for hydroxylation is 2. The molecule has 2 aromatic carbocycles. The highest BCUT2D eigenvalue weighted by Gasteiger charge is 2.18. The molecular weight excluding hydrogens is 433 g/mol. The van der Waals surface area contributed by atoms with Gasteiger partial charge in [-0.15, -0.1) is 0 Å². The number of pyridine rings is 1. The fourth-order valence-corrected chi connectivity index (χ4v) is 4.37. The van der Waals surface area contributed by atoms with Crippen LogP contribution in [0.25, 0.3) is 33.1 Å². The maximum Gasteiger partial charge on any atom is 0.259 e. The quantitative estimate of drug-likeness (QED) is 0.312. The van der Waals surface area contributed by atoms with E-state index in [0.29, 0.717) is 26.7 Å². The maximum atomic E-state index is 13.2. The molecule has 158 valence electrons. The molecule has 0 aliphatic heterocycles. The molecule has 0 aliphatic carbocycles. The van der Waals surface area contributed by atoms with Crippen LogP contribution in [-0.2, 0) is 14.1 Å². The van der Waals surface area contributed by atoms with E-state index in [0.717, 1.165) is 21.9 Å². The third-order valence-corrected chi connectivity index (χ3v) is 5.93. The molecule has 5 nitrogen and oxygen atoms in total. The van der Waals surface area contributed by atoms with Crippen LogP contribution in [0, 0.1) is 0 Å². The molecule has 0 aliphatic rings. The van der Waals surface area contributed by atoms with E-state index in [4.69, 9.17) is 23.2 Å². The lowest BCUT2D eigenvalue weighted by Gasteiger charge is -2.09. The number of aromatic nitrogens is 2. The summed E-state index contributed by atoms with van der Waals surface area (Å²) in [4.78, 5) is 27.6. The minimum absolute atomic E-state index is 0.0848. The van der Waals surface area contributed by atoms with Crippen molar-refractivity contribution in [2.24, 2.45) is 14.1 Å². The van der Waals surface area contributed by atoms with Crippen molar-refractivity contribution in [1.82, 2.24) is 14.0 Å². The van der Waals surface area contributed by atoms with Crippen molar-refractivity contribution in [3.8, 4) is 11.1 Å². The molecule has 2 heterocycles. The molecule has 7 heteroatoms. The van der Waals surface area contributed by atoms with Gasteiger partial charge in [0.15, 0.2) is 5.78 Å². The van der Waals surface area contributed by atoms with Crippen LogP contribution < -0.4 is 5.56 Å². The number of nitrogens with zero attached hydrogens (tertiary/aromatic N) is 3. The highest BCUT2D eigenvalue weighted by molar-refractivity contribution is 6.36. The molecule has 31 heavy (non-hydrogen) atoms. The molecule has 0 bridgehead atoms. The molecule has 0 radical (unpaired) electrons. The zero-order valence-electron chi connectivity index (χ0n) is 17.6. The van der Waals surface area contributed by atoms with Gasteiger partial charge in [-0.05, 0) is 36.4 Å². The molecule has 0 amide bonds. The Bertz CT molecular complexity index is 1450. The van der Waals surface area contributed by atoms with Crippen molar-refractivity contribution in [3.05, 3.63) is 80.7 Å². The monoisotopic (exact) mass is 453 g/mol. The van der Waals surface area contributed by atoms with Crippen molar-refractivity contribution in [1.29, 1.82) is 0 Å². The fourth-order valence-electron chi connectivity index (χ4n) is 3.86.